The molecule has 0 radical (unpaired) electrons. The van der Waals surface area contributed by atoms with Crippen LogP contribution in [0.15, 0.2) is 53.9 Å². The van der Waals surface area contributed by atoms with E-state index in [2.05, 4.69) is 21.6 Å². The fourth-order valence-electron chi connectivity index (χ4n) is 1.89. The van der Waals surface area contributed by atoms with Gasteiger partial charge in [0.05, 0.1) is 18.7 Å². The SMILES string of the molecule is CN(CCC#N)c1ccc(C=NNC(=O)c2ccncc2)cc1. The molecule has 2 aromatic rings. The molecule has 116 valence electrons. The Hall–Kier alpha value is -3.20. The number of nitrogens with zero attached hydrogens (tertiary/aromatic N) is 4. The van der Waals surface area contributed by atoms with Gasteiger partial charge in [-0.15, -0.1) is 0 Å². The summed E-state index contributed by atoms with van der Waals surface area (Å²) in [7, 11) is 1.94. The summed E-state index contributed by atoms with van der Waals surface area (Å²) in [5, 5.41) is 12.5. The molecule has 0 fully saturated rings. The summed E-state index contributed by atoms with van der Waals surface area (Å²) in [6.07, 6.45) is 5.18. The van der Waals surface area contributed by atoms with Crippen LogP contribution in [0.1, 0.15) is 22.3 Å². The number of carbonyl (C=O) groups excluding carboxylic acids is 1. The lowest BCUT2D eigenvalue weighted by Gasteiger charge is -2.17. The number of anilines is 1. The van der Waals surface area contributed by atoms with Gasteiger partial charge in [-0.25, -0.2) is 5.43 Å². The first kappa shape index (κ1) is 16.2. The number of benzene rings is 1. The number of nitriles is 1. The molecule has 0 aliphatic heterocycles. The molecule has 2 rings (SSSR count). The Morgan fingerprint density at radius 3 is 2.65 bits per heavy atom. The molecule has 0 saturated heterocycles. The molecule has 0 aliphatic rings. The van der Waals surface area contributed by atoms with Crippen LogP contribution in [-0.4, -0.2) is 30.7 Å². The van der Waals surface area contributed by atoms with Gasteiger partial charge in [0.2, 0.25) is 0 Å². The van der Waals surface area contributed by atoms with E-state index in [0.29, 0.717) is 18.5 Å². The van der Waals surface area contributed by atoms with Gasteiger partial charge in [-0.2, -0.15) is 10.4 Å². The van der Waals surface area contributed by atoms with Crippen molar-refractivity contribution in [2.45, 2.75) is 6.42 Å². The molecule has 1 heterocycles. The minimum Gasteiger partial charge on any atom is -0.374 e. The first-order chi connectivity index (χ1) is 11.2. The summed E-state index contributed by atoms with van der Waals surface area (Å²) in [5.41, 5.74) is 4.87. The van der Waals surface area contributed by atoms with Crippen molar-refractivity contribution in [2.24, 2.45) is 5.10 Å². The van der Waals surface area contributed by atoms with Crippen LogP contribution in [0.3, 0.4) is 0 Å². The van der Waals surface area contributed by atoms with Crippen LogP contribution in [-0.2, 0) is 0 Å². The molecule has 1 N–H and O–H groups in total. The third kappa shape index (κ3) is 4.93. The Morgan fingerprint density at radius 2 is 2.00 bits per heavy atom. The number of hydrazone groups is 1. The Bertz CT molecular complexity index is 704. The van der Waals surface area contributed by atoms with Crippen molar-refractivity contribution < 1.29 is 4.79 Å². The van der Waals surface area contributed by atoms with Crippen molar-refractivity contribution in [3.63, 3.8) is 0 Å². The molecular weight excluding hydrogens is 290 g/mol. The van der Waals surface area contributed by atoms with E-state index in [9.17, 15) is 4.79 Å². The number of hydrogen-bond acceptors (Lipinski definition) is 5. The van der Waals surface area contributed by atoms with Gasteiger partial charge < -0.3 is 4.90 Å². The second-order valence-electron chi connectivity index (χ2n) is 4.86. The van der Waals surface area contributed by atoms with Crippen LogP contribution in [0.25, 0.3) is 0 Å². The van der Waals surface area contributed by atoms with Gasteiger partial charge in [0.1, 0.15) is 0 Å². The molecule has 0 spiro atoms. The zero-order chi connectivity index (χ0) is 16.5. The zero-order valence-electron chi connectivity index (χ0n) is 12.8. The van der Waals surface area contributed by atoms with Crippen LogP contribution < -0.4 is 10.3 Å². The average molecular weight is 307 g/mol. The highest BCUT2D eigenvalue weighted by Crippen LogP contribution is 2.13. The molecule has 23 heavy (non-hydrogen) atoms. The van der Waals surface area contributed by atoms with E-state index in [0.717, 1.165) is 11.3 Å². The minimum absolute atomic E-state index is 0.281. The maximum atomic E-state index is 11.8. The molecule has 0 unspecified atom stereocenters. The van der Waals surface area contributed by atoms with E-state index in [-0.39, 0.29) is 5.91 Å². The van der Waals surface area contributed by atoms with Gasteiger partial charge in [0.25, 0.3) is 5.91 Å². The second kappa shape index (κ2) is 8.29. The number of pyridine rings is 1. The molecule has 0 atom stereocenters. The monoisotopic (exact) mass is 307 g/mol. The lowest BCUT2D eigenvalue weighted by molar-refractivity contribution is 0.0955. The van der Waals surface area contributed by atoms with Crippen LogP contribution in [0.5, 0.6) is 0 Å². The standard InChI is InChI=1S/C17H17N5O/c1-22(12-2-9-18)16-5-3-14(4-6-16)13-20-21-17(23)15-7-10-19-11-8-15/h3-8,10-11,13H,2,12H2,1H3,(H,21,23). The van der Waals surface area contributed by atoms with Crippen molar-refractivity contribution in [1.29, 1.82) is 5.26 Å². The highest BCUT2D eigenvalue weighted by molar-refractivity contribution is 5.94. The number of hydrogen-bond donors (Lipinski definition) is 1. The lowest BCUT2D eigenvalue weighted by atomic mass is 10.2. The van der Waals surface area contributed by atoms with E-state index in [1.54, 1.807) is 30.7 Å². The first-order valence-corrected chi connectivity index (χ1v) is 7.12. The summed E-state index contributed by atoms with van der Waals surface area (Å²) < 4.78 is 0. The number of aromatic nitrogens is 1. The topological polar surface area (TPSA) is 81.4 Å². The van der Waals surface area contributed by atoms with Gasteiger partial charge in [-0.05, 0) is 29.8 Å². The molecule has 1 amide bonds. The Morgan fingerprint density at radius 1 is 1.30 bits per heavy atom. The molecule has 6 nitrogen and oxygen atoms in total. The average Bonchev–Trinajstić information content (AvgIpc) is 2.61. The third-order valence-electron chi connectivity index (χ3n) is 3.22. The van der Waals surface area contributed by atoms with Gasteiger partial charge in [-0.1, -0.05) is 12.1 Å². The summed E-state index contributed by atoms with van der Waals surface area (Å²) in [4.78, 5) is 17.7. The molecule has 0 aliphatic carbocycles. The largest absolute Gasteiger partial charge is 0.374 e. The van der Waals surface area contributed by atoms with E-state index in [1.807, 2.05) is 36.2 Å². The molecular formula is C17H17N5O. The van der Waals surface area contributed by atoms with E-state index in [1.165, 1.54) is 0 Å². The Kier molecular flexibility index (Phi) is 5.83. The van der Waals surface area contributed by atoms with Crippen molar-refractivity contribution in [1.82, 2.24) is 10.4 Å². The van der Waals surface area contributed by atoms with Gasteiger partial charge in [0, 0.05) is 37.2 Å². The second-order valence-corrected chi connectivity index (χ2v) is 4.86. The van der Waals surface area contributed by atoms with Crippen LogP contribution in [0, 0.1) is 11.3 Å². The smallest absolute Gasteiger partial charge is 0.271 e. The maximum Gasteiger partial charge on any atom is 0.271 e. The van der Waals surface area contributed by atoms with E-state index >= 15 is 0 Å². The molecule has 1 aromatic carbocycles. The summed E-state index contributed by atoms with van der Waals surface area (Å²) in [6.45, 7) is 0.686. The number of carbonyl (C=O) groups is 1. The van der Waals surface area contributed by atoms with Crippen molar-refractivity contribution in [3.8, 4) is 6.07 Å². The van der Waals surface area contributed by atoms with Crippen molar-refractivity contribution >= 4 is 17.8 Å². The highest BCUT2D eigenvalue weighted by atomic mass is 16.2. The van der Waals surface area contributed by atoms with Crippen LogP contribution in [0.2, 0.25) is 0 Å². The quantitative estimate of drug-likeness (QED) is 0.655. The minimum atomic E-state index is -0.281. The number of rotatable bonds is 6. The van der Waals surface area contributed by atoms with E-state index in [4.69, 9.17) is 5.26 Å². The van der Waals surface area contributed by atoms with Gasteiger partial charge in [-0.3, -0.25) is 9.78 Å². The number of nitrogens with one attached hydrogen (secondary N) is 1. The molecule has 6 heteroatoms. The van der Waals surface area contributed by atoms with Gasteiger partial charge >= 0.3 is 0 Å². The lowest BCUT2D eigenvalue weighted by Crippen LogP contribution is -2.18. The highest BCUT2D eigenvalue weighted by Gasteiger charge is 2.02. The normalized spacial score (nSPS) is 10.3. The predicted octanol–water partition coefficient (Wildman–Crippen LogP) is 2.20. The molecule has 0 bridgehead atoms. The maximum absolute atomic E-state index is 11.8. The summed E-state index contributed by atoms with van der Waals surface area (Å²) in [6, 6.07) is 13.1. The van der Waals surface area contributed by atoms with Crippen LogP contribution >= 0.6 is 0 Å². The predicted molar refractivity (Wildman–Crippen MR) is 89.2 cm³/mol. The Labute approximate surface area is 135 Å². The third-order valence-corrected chi connectivity index (χ3v) is 3.22. The van der Waals surface area contributed by atoms with Crippen molar-refractivity contribution in [2.75, 3.05) is 18.5 Å². The van der Waals surface area contributed by atoms with Crippen molar-refractivity contribution in [3.05, 3.63) is 59.9 Å². The number of amides is 1. The first-order valence-electron chi connectivity index (χ1n) is 7.12. The fourth-order valence-corrected chi connectivity index (χ4v) is 1.89. The molecule has 1 aromatic heterocycles. The van der Waals surface area contributed by atoms with Crippen LogP contribution in [0.4, 0.5) is 5.69 Å². The fraction of sp³-hybridized carbons (Fsp3) is 0.176. The summed E-state index contributed by atoms with van der Waals surface area (Å²) in [5.74, 6) is -0.281. The summed E-state index contributed by atoms with van der Waals surface area (Å²) >= 11 is 0. The molecule has 0 saturated carbocycles. The van der Waals surface area contributed by atoms with Gasteiger partial charge in [0.15, 0.2) is 0 Å². The van der Waals surface area contributed by atoms with E-state index < -0.39 is 0 Å². The Balaban J connectivity index is 1.91. The zero-order valence-corrected chi connectivity index (χ0v) is 12.8.